The predicted molar refractivity (Wildman–Crippen MR) is 130 cm³/mol. The normalized spacial score (nSPS) is 15.7. The van der Waals surface area contributed by atoms with Gasteiger partial charge in [0.2, 0.25) is 0 Å². The fourth-order valence-corrected chi connectivity index (χ4v) is 3.55. The smallest absolute Gasteiger partial charge is 0.157 e. The van der Waals surface area contributed by atoms with Crippen LogP contribution in [0.15, 0.2) is 84.4 Å². The first kappa shape index (κ1) is 23.2. The fraction of sp³-hybridized carbons (Fsp3) is 0.0370. The third-order valence-corrected chi connectivity index (χ3v) is 5.25. The van der Waals surface area contributed by atoms with Gasteiger partial charge in [-0.05, 0) is 59.7 Å². The Kier molecular flexibility index (Phi) is 6.28. The molecule has 0 amide bonds. The number of aliphatic hydroxyl groups is 1. The van der Waals surface area contributed by atoms with Gasteiger partial charge in [0, 0.05) is 23.6 Å². The minimum Gasteiger partial charge on any atom is -0.508 e. The van der Waals surface area contributed by atoms with Crippen LogP contribution in [0.2, 0.25) is 0 Å². The van der Waals surface area contributed by atoms with Gasteiger partial charge in [0.05, 0.1) is 0 Å². The maximum absolute atomic E-state index is 10.5. The van der Waals surface area contributed by atoms with Crippen molar-refractivity contribution in [1.29, 1.82) is 0 Å². The van der Waals surface area contributed by atoms with E-state index in [1.807, 2.05) is 0 Å². The molecule has 1 unspecified atom stereocenters. The molecule has 0 aromatic heterocycles. The molecule has 4 rings (SSSR count). The molecule has 0 saturated heterocycles. The van der Waals surface area contributed by atoms with Gasteiger partial charge in [-0.3, -0.25) is 0 Å². The number of rotatable bonds is 5. The molecule has 0 saturated carbocycles. The topological polar surface area (TPSA) is 151 Å². The highest BCUT2D eigenvalue weighted by atomic mass is 16.5. The fourth-order valence-electron chi connectivity index (χ4n) is 3.55. The molecule has 3 aromatic carbocycles. The molecule has 0 radical (unpaired) electrons. The third-order valence-electron chi connectivity index (χ3n) is 5.25. The minimum atomic E-state index is -0.634. The van der Waals surface area contributed by atoms with Crippen molar-refractivity contribution >= 4 is 12.2 Å². The van der Waals surface area contributed by atoms with Crippen LogP contribution in [0, 0.1) is 0 Å². The van der Waals surface area contributed by atoms with Crippen molar-refractivity contribution in [3.05, 3.63) is 101 Å². The Balaban J connectivity index is 1.66. The van der Waals surface area contributed by atoms with Crippen LogP contribution in [0.5, 0.6) is 40.2 Å². The molecule has 0 spiro atoms. The van der Waals surface area contributed by atoms with E-state index < -0.39 is 5.92 Å². The van der Waals surface area contributed by atoms with Crippen LogP contribution in [-0.2, 0) is 0 Å². The van der Waals surface area contributed by atoms with E-state index in [1.54, 1.807) is 30.4 Å². The maximum atomic E-state index is 10.5. The van der Waals surface area contributed by atoms with Crippen molar-refractivity contribution in [1.82, 2.24) is 0 Å². The number of phenolic OH excluding ortho intramolecular Hbond substituents is 6. The van der Waals surface area contributed by atoms with E-state index in [9.17, 15) is 35.7 Å². The van der Waals surface area contributed by atoms with Crippen LogP contribution in [0.4, 0.5) is 0 Å². The number of aliphatic hydroxyl groups excluding tert-OH is 1. The molecule has 8 heteroatoms. The molecule has 35 heavy (non-hydrogen) atoms. The highest BCUT2D eigenvalue weighted by Gasteiger charge is 2.24. The SMILES string of the molecule is OC(=C\C1C=C(/C=C/c2ccc(O)c(O)c2)Oc2cc(O)cc(O)c21)/C=C/c1ccc(O)c(O)c1. The van der Waals surface area contributed by atoms with Crippen LogP contribution < -0.4 is 4.74 Å². The Morgan fingerprint density at radius 1 is 0.686 bits per heavy atom. The summed E-state index contributed by atoms with van der Waals surface area (Å²) in [6, 6.07) is 11.0. The van der Waals surface area contributed by atoms with E-state index >= 15 is 0 Å². The molecule has 1 atom stereocenters. The van der Waals surface area contributed by atoms with Gasteiger partial charge in [-0.1, -0.05) is 24.3 Å². The lowest BCUT2D eigenvalue weighted by Gasteiger charge is -2.23. The van der Waals surface area contributed by atoms with Gasteiger partial charge < -0.3 is 40.5 Å². The van der Waals surface area contributed by atoms with Crippen molar-refractivity contribution in [2.75, 3.05) is 0 Å². The number of benzene rings is 3. The average Bonchev–Trinajstić information content (AvgIpc) is 2.80. The van der Waals surface area contributed by atoms with Gasteiger partial charge in [0.25, 0.3) is 0 Å². The second-order valence-corrected chi connectivity index (χ2v) is 7.83. The van der Waals surface area contributed by atoms with E-state index in [2.05, 4.69) is 0 Å². The Hall–Kier alpha value is -4.98. The van der Waals surface area contributed by atoms with Gasteiger partial charge in [0.15, 0.2) is 23.0 Å². The number of ether oxygens (including phenoxy) is 1. The summed E-state index contributed by atoms with van der Waals surface area (Å²) in [5.41, 5.74) is 1.46. The van der Waals surface area contributed by atoms with Crippen molar-refractivity contribution < 1.29 is 40.5 Å². The monoisotopic (exact) mass is 474 g/mol. The first-order chi connectivity index (χ1) is 16.7. The van der Waals surface area contributed by atoms with Gasteiger partial charge in [-0.25, -0.2) is 0 Å². The number of fused-ring (bicyclic) bond motifs is 1. The number of allylic oxidation sites excluding steroid dienone is 4. The molecule has 178 valence electrons. The standard InChI is InChI=1S/C27H22O8/c28-18(5-1-15-3-7-21(30)23(32)9-15)11-17-12-20(6-2-16-4-8-22(31)24(33)10-16)35-26-14-19(29)13-25(34)27(17)26/h1-14,17,28-34H/b5-1+,6-2+,18-11-. The van der Waals surface area contributed by atoms with Crippen LogP contribution in [0.3, 0.4) is 0 Å². The van der Waals surface area contributed by atoms with E-state index in [4.69, 9.17) is 4.74 Å². The third kappa shape index (κ3) is 5.33. The number of hydrogen-bond acceptors (Lipinski definition) is 8. The summed E-state index contributed by atoms with van der Waals surface area (Å²) < 4.78 is 5.80. The quantitative estimate of drug-likeness (QED) is 0.152. The molecular weight excluding hydrogens is 452 g/mol. The first-order valence-electron chi connectivity index (χ1n) is 10.5. The summed E-state index contributed by atoms with van der Waals surface area (Å²) in [7, 11) is 0. The highest BCUT2D eigenvalue weighted by Crippen LogP contribution is 2.44. The number of aromatic hydroxyl groups is 6. The summed E-state index contributed by atoms with van der Waals surface area (Å²) in [5, 5.41) is 69.0. The minimum absolute atomic E-state index is 0.147. The van der Waals surface area contributed by atoms with Crippen molar-refractivity contribution in [2.45, 2.75) is 5.92 Å². The van der Waals surface area contributed by atoms with Crippen LogP contribution >= 0.6 is 0 Å². The number of phenols is 6. The molecule has 8 nitrogen and oxygen atoms in total. The Morgan fingerprint density at radius 3 is 1.94 bits per heavy atom. The zero-order chi connectivity index (χ0) is 25.1. The first-order valence-corrected chi connectivity index (χ1v) is 10.5. The highest BCUT2D eigenvalue weighted by molar-refractivity contribution is 5.62. The molecule has 0 aliphatic carbocycles. The van der Waals surface area contributed by atoms with Crippen LogP contribution in [-0.4, -0.2) is 35.7 Å². The van der Waals surface area contributed by atoms with Gasteiger partial charge in [0.1, 0.15) is 28.8 Å². The molecule has 7 N–H and O–H groups in total. The average molecular weight is 474 g/mol. The summed E-state index contributed by atoms with van der Waals surface area (Å²) in [5.74, 6) is -1.73. The van der Waals surface area contributed by atoms with Crippen molar-refractivity contribution in [3.8, 4) is 40.2 Å². The predicted octanol–water partition coefficient (Wildman–Crippen LogP) is 5.15. The number of hydrogen-bond donors (Lipinski definition) is 7. The maximum Gasteiger partial charge on any atom is 0.157 e. The molecular formula is C27H22O8. The molecule has 0 bridgehead atoms. The van der Waals surface area contributed by atoms with E-state index in [1.165, 1.54) is 54.6 Å². The van der Waals surface area contributed by atoms with E-state index in [0.717, 1.165) is 0 Å². The van der Waals surface area contributed by atoms with Crippen LogP contribution in [0.1, 0.15) is 22.6 Å². The molecule has 1 aliphatic heterocycles. The summed E-state index contributed by atoms with van der Waals surface area (Å²) in [4.78, 5) is 0. The van der Waals surface area contributed by atoms with Gasteiger partial charge in [-0.15, -0.1) is 0 Å². The lowest BCUT2D eigenvalue weighted by atomic mass is 9.93. The van der Waals surface area contributed by atoms with Gasteiger partial charge in [-0.2, -0.15) is 0 Å². The lowest BCUT2D eigenvalue weighted by Crippen LogP contribution is -2.08. The van der Waals surface area contributed by atoms with Crippen molar-refractivity contribution in [3.63, 3.8) is 0 Å². The summed E-state index contributed by atoms with van der Waals surface area (Å²) >= 11 is 0. The summed E-state index contributed by atoms with van der Waals surface area (Å²) in [6.07, 6.45) is 9.27. The van der Waals surface area contributed by atoms with E-state index in [0.29, 0.717) is 22.4 Å². The second kappa shape index (κ2) is 9.48. The molecule has 1 aliphatic rings. The Morgan fingerprint density at radius 2 is 1.31 bits per heavy atom. The zero-order valence-corrected chi connectivity index (χ0v) is 18.2. The van der Waals surface area contributed by atoms with Gasteiger partial charge >= 0.3 is 0 Å². The molecule has 1 heterocycles. The Bertz CT molecular complexity index is 1400. The Labute approximate surface area is 200 Å². The second-order valence-electron chi connectivity index (χ2n) is 7.83. The van der Waals surface area contributed by atoms with E-state index in [-0.39, 0.29) is 46.0 Å². The molecule has 3 aromatic rings. The lowest BCUT2D eigenvalue weighted by molar-refractivity contribution is 0.393. The molecule has 0 fully saturated rings. The van der Waals surface area contributed by atoms with Crippen LogP contribution in [0.25, 0.3) is 12.2 Å². The summed E-state index contributed by atoms with van der Waals surface area (Å²) in [6.45, 7) is 0. The van der Waals surface area contributed by atoms with Crippen molar-refractivity contribution in [2.24, 2.45) is 0 Å². The zero-order valence-electron chi connectivity index (χ0n) is 18.2. The largest absolute Gasteiger partial charge is 0.508 e.